The van der Waals surface area contributed by atoms with Crippen LogP contribution in [0.3, 0.4) is 0 Å². The molecule has 4 heteroatoms. The van der Waals surface area contributed by atoms with Crippen LogP contribution in [0.5, 0.6) is 5.75 Å². The van der Waals surface area contributed by atoms with E-state index in [0.717, 1.165) is 42.2 Å². The van der Waals surface area contributed by atoms with E-state index in [1.807, 2.05) is 0 Å². The van der Waals surface area contributed by atoms with Crippen LogP contribution in [-0.2, 0) is 11.3 Å². The maximum atomic E-state index is 13.0. The molecule has 0 aromatic heterocycles. The molecule has 1 atom stereocenters. The number of hydrogen-bond donors (Lipinski definition) is 1. The third-order valence-corrected chi connectivity index (χ3v) is 7.41. The zero-order valence-electron chi connectivity index (χ0n) is 22.2. The molecule has 2 heterocycles. The van der Waals surface area contributed by atoms with Crippen LogP contribution in [0, 0.1) is 19.3 Å². The van der Waals surface area contributed by atoms with Crippen molar-refractivity contribution in [2.24, 2.45) is 5.41 Å². The fourth-order valence-electron chi connectivity index (χ4n) is 5.49. The lowest BCUT2D eigenvalue weighted by Crippen LogP contribution is -2.23. The molecule has 2 aromatic carbocycles. The number of hydrogen-bond acceptors (Lipinski definition) is 3. The number of fused-ring (bicyclic) bond motifs is 1. The number of nitrogens with one attached hydrogen (secondary N) is 1. The Bertz CT molecular complexity index is 1040. The number of carbonyl (C=O) groups excluding carboxylic acids is 1. The molecule has 4 nitrogen and oxygen atoms in total. The second-order valence-electron chi connectivity index (χ2n) is 11.8. The zero-order chi connectivity index (χ0) is 24.6. The molecule has 1 fully saturated rings. The molecule has 4 rings (SSSR count). The zero-order valence-corrected chi connectivity index (χ0v) is 22.2. The van der Waals surface area contributed by atoms with E-state index in [2.05, 4.69) is 82.9 Å². The van der Waals surface area contributed by atoms with Crippen molar-refractivity contribution in [2.45, 2.75) is 86.1 Å². The predicted molar refractivity (Wildman–Crippen MR) is 141 cm³/mol. The number of ether oxygens (including phenoxy) is 1. The van der Waals surface area contributed by atoms with Gasteiger partial charge < -0.3 is 10.1 Å². The normalized spacial score (nSPS) is 18.3. The van der Waals surface area contributed by atoms with Gasteiger partial charge in [-0.25, -0.2) is 0 Å². The maximum absolute atomic E-state index is 13.0. The first kappa shape index (κ1) is 24.8. The van der Waals surface area contributed by atoms with Gasteiger partial charge in [0.05, 0.1) is 6.61 Å². The molecule has 184 valence electrons. The van der Waals surface area contributed by atoms with E-state index < -0.39 is 0 Å². The number of benzene rings is 2. The predicted octanol–water partition coefficient (Wildman–Crippen LogP) is 6.92. The van der Waals surface area contributed by atoms with E-state index in [9.17, 15) is 4.79 Å². The minimum atomic E-state index is -0.0508. The molecule has 2 aliphatic rings. The fourth-order valence-corrected chi connectivity index (χ4v) is 5.49. The van der Waals surface area contributed by atoms with Crippen molar-refractivity contribution >= 4 is 11.6 Å². The highest BCUT2D eigenvalue weighted by Crippen LogP contribution is 2.48. The third-order valence-electron chi connectivity index (χ3n) is 7.41. The van der Waals surface area contributed by atoms with E-state index in [1.165, 1.54) is 35.1 Å². The van der Waals surface area contributed by atoms with Gasteiger partial charge in [0, 0.05) is 35.7 Å². The molecule has 1 saturated heterocycles. The van der Waals surface area contributed by atoms with Gasteiger partial charge in [-0.3, -0.25) is 9.69 Å². The number of carbonyl (C=O) groups is 1. The summed E-state index contributed by atoms with van der Waals surface area (Å²) in [6.45, 7) is 18.9. The minimum absolute atomic E-state index is 0.0508. The quantitative estimate of drug-likeness (QED) is 0.506. The Labute approximate surface area is 206 Å². The van der Waals surface area contributed by atoms with Gasteiger partial charge in [-0.2, -0.15) is 0 Å². The van der Waals surface area contributed by atoms with Crippen molar-refractivity contribution in [3.63, 3.8) is 0 Å². The number of anilines is 1. The molecule has 0 radical (unpaired) electrons. The summed E-state index contributed by atoms with van der Waals surface area (Å²) in [5.74, 6) is 1.84. The van der Waals surface area contributed by atoms with Crippen LogP contribution >= 0.6 is 0 Å². The molecular weight excluding hydrogens is 420 g/mol. The van der Waals surface area contributed by atoms with Gasteiger partial charge in [-0.15, -0.1) is 0 Å². The van der Waals surface area contributed by atoms with Crippen molar-refractivity contribution in [3.05, 3.63) is 57.6 Å². The van der Waals surface area contributed by atoms with Crippen molar-refractivity contribution in [2.75, 3.05) is 25.0 Å². The van der Waals surface area contributed by atoms with Crippen molar-refractivity contribution in [1.29, 1.82) is 0 Å². The summed E-state index contributed by atoms with van der Waals surface area (Å²) in [5, 5.41) is 3.31. The van der Waals surface area contributed by atoms with Crippen LogP contribution in [0.25, 0.3) is 0 Å². The monoisotopic (exact) mass is 462 g/mol. The topological polar surface area (TPSA) is 41.6 Å². The maximum Gasteiger partial charge on any atom is 0.224 e. The number of amides is 1. The lowest BCUT2D eigenvalue weighted by Gasteiger charge is -2.25. The highest BCUT2D eigenvalue weighted by Gasteiger charge is 2.34. The average Bonchev–Trinajstić information content (AvgIpc) is 3.43. The molecule has 2 aliphatic heterocycles. The van der Waals surface area contributed by atoms with Crippen LogP contribution in [-0.4, -0.2) is 30.5 Å². The molecule has 1 unspecified atom stereocenters. The molecule has 0 bridgehead atoms. The van der Waals surface area contributed by atoms with Gasteiger partial charge in [0.1, 0.15) is 5.75 Å². The fraction of sp³-hybridized carbons (Fsp3) is 0.567. The van der Waals surface area contributed by atoms with Crippen LogP contribution < -0.4 is 10.1 Å². The molecule has 34 heavy (non-hydrogen) atoms. The molecule has 0 saturated carbocycles. The third kappa shape index (κ3) is 5.17. The van der Waals surface area contributed by atoms with Crippen LogP contribution in [0.15, 0.2) is 24.3 Å². The van der Waals surface area contributed by atoms with Gasteiger partial charge in [0.15, 0.2) is 0 Å². The summed E-state index contributed by atoms with van der Waals surface area (Å²) in [6.07, 6.45) is 3.02. The lowest BCUT2D eigenvalue weighted by atomic mass is 9.85. The van der Waals surface area contributed by atoms with Crippen molar-refractivity contribution < 1.29 is 9.53 Å². The Morgan fingerprint density at radius 3 is 2.32 bits per heavy atom. The Kier molecular flexibility index (Phi) is 7.09. The second kappa shape index (κ2) is 9.73. The molecule has 0 spiro atoms. The summed E-state index contributed by atoms with van der Waals surface area (Å²) < 4.78 is 6.45. The van der Waals surface area contributed by atoms with Crippen molar-refractivity contribution in [1.82, 2.24) is 4.90 Å². The summed E-state index contributed by atoms with van der Waals surface area (Å²) in [5.41, 5.74) is 8.37. The van der Waals surface area contributed by atoms with Crippen molar-refractivity contribution in [3.8, 4) is 5.75 Å². The largest absolute Gasteiger partial charge is 0.492 e. The molecule has 1 N–H and O–H groups in total. The van der Waals surface area contributed by atoms with Gasteiger partial charge in [-0.05, 0) is 73.4 Å². The summed E-state index contributed by atoms with van der Waals surface area (Å²) in [4.78, 5) is 15.5. The van der Waals surface area contributed by atoms with E-state index in [0.29, 0.717) is 18.9 Å². The smallest absolute Gasteiger partial charge is 0.224 e. The van der Waals surface area contributed by atoms with Gasteiger partial charge >= 0.3 is 0 Å². The summed E-state index contributed by atoms with van der Waals surface area (Å²) in [6, 6.07) is 9.02. The standard InChI is InChI=1S/C30H42N2O2/c1-19(2)22-10-12-23(13-11-22)25-18-34-29-24(17-32-14-8-9-15-32)20(3)28(21(4)27(25)29)31-26(33)16-30(5,6)7/h10-13,19,25H,8-9,14-18H2,1-7H3,(H,31,33). The molecule has 1 amide bonds. The van der Waals surface area contributed by atoms with Crippen LogP contribution in [0.1, 0.15) is 99.1 Å². The highest BCUT2D eigenvalue weighted by molar-refractivity contribution is 5.93. The first-order valence-electron chi connectivity index (χ1n) is 13.0. The molecule has 0 aliphatic carbocycles. The van der Waals surface area contributed by atoms with E-state index in [-0.39, 0.29) is 17.2 Å². The number of likely N-dealkylation sites (tertiary alicyclic amines) is 1. The molecule has 2 aromatic rings. The number of nitrogens with zero attached hydrogens (tertiary/aromatic N) is 1. The van der Waals surface area contributed by atoms with Crippen LogP contribution in [0.2, 0.25) is 0 Å². The first-order chi connectivity index (χ1) is 16.0. The lowest BCUT2D eigenvalue weighted by molar-refractivity contribution is -0.117. The Morgan fingerprint density at radius 2 is 1.74 bits per heavy atom. The van der Waals surface area contributed by atoms with E-state index in [1.54, 1.807) is 0 Å². The van der Waals surface area contributed by atoms with Gasteiger partial charge in [0.25, 0.3) is 0 Å². The Balaban J connectivity index is 1.77. The SMILES string of the molecule is Cc1c(CN2CCCC2)c2c(c(C)c1NC(=O)CC(C)(C)C)C(c1ccc(C(C)C)cc1)CO2. The second-order valence-corrected chi connectivity index (χ2v) is 11.8. The average molecular weight is 463 g/mol. The van der Waals surface area contributed by atoms with E-state index in [4.69, 9.17) is 4.74 Å². The Morgan fingerprint density at radius 1 is 1.09 bits per heavy atom. The minimum Gasteiger partial charge on any atom is -0.492 e. The van der Waals surface area contributed by atoms with Crippen LogP contribution in [0.4, 0.5) is 5.69 Å². The Hall–Kier alpha value is -2.33. The summed E-state index contributed by atoms with van der Waals surface area (Å²) >= 11 is 0. The van der Waals surface area contributed by atoms with E-state index >= 15 is 0 Å². The van der Waals surface area contributed by atoms with Gasteiger partial charge in [-0.1, -0.05) is 58.9 Å². The molecular formula is C30H42N2O2. The summed E-state index contributed by atoms with van der Waals surface area (Å²) in [7, 11) is 0. The first-order valence-corrected chi connectivity index (χ1v) is 13.0. The number of rotatable bonds is 6. The van der Waals surface area contributed by atoms with Gasteiger partial charge in [0.2, 0.25) is 5.91 Å². The highest BCUT2D eigenvalue weighted by atomic mass is 16.5.